The van der Waals surface area contributed by atoms with E-state index in [4.69, 9.17) is 0 Å². The molecule has 0 aromatic carbocycles. The molecule has 1 atom stereocenters. The summed E-state index contributed by atoms with van der Waals surface area (Å²) in [5, 5.41) is 3.20. The van der Waals surface area contributed by atoms with Gasteiger partial charge in [0.05, 0.1) is 0 Å². The maximum atomic E-state index is 10.0. The Hall–Kier alpha value is -0.790. The van der Waals surface area contributed by atoms with E-state index < -0.39 is 0 Å². The molecule has 0 amide bonds. The molecule has 1 aliphatic rings. The van der Waals surface area contributed by atoms with Crippen molar-refractivity contribution in [2.24, 2.45) is 5.92 Å². The number of carbonyl (C=O) groups excluding carboxylic acids is 1. The van der Waals surface area contributed by atoms with E-state index in [9.17, 15) is 4.79 Å². The van der Waals surface area contributed by atoms with Gasteiger partial charge >= 0.3 is 0 Å². The first-order valence-corrected chi connectivity index (χ1v) is 3.71. The Morgan fingerprint density at radius 1 is 1.70 bits per heavy atom. The summed E-state index contributed by atoms with van der Waals surface area (Å²) in [4.78, 5) is 10.0. The van der Waals surface area contributed by atoms with Crippen molar-refractivity contribution in [3.05, 3.63) is 11.8 Å². The van der Waals surface area contributed by atoms with Crippen LogP contribution in [0.15, 0.2) is 11.8 Å². The lowest BCUT2D eigenvalue weighted by atomic mass is 10.00. The summed E-state index contributed by atoms with van der Waals surface area (Å²) in [6, 6.07) is 0. The lowest BCUT2D eigenvalue weighted by Crippen LogP contribution is -2.26. The van der Waals surface area contributed by atoms with Crippen molar-refractivity contribution in [3.8, 4) is 0 Å². The predicted octanol–water partition coefficient (Wildman–Crippen LogP) is 1.09. The summed E-state index contributed by atoms with van der Waals surface area (Å²) < 4.78 is 0. The summed E-state index contributed by atoms with van der Waals surface area (Å²) in [5.74, 6) is 0.754. The van der Waals surface area contributed by atoms with Crippen molar-refractivity contribution in [3.63, 3.8) is 0 Å². The Morgan fingerprint density at radius 3 is 3.00 bits per heavy atom. The SMILES string of the molecule is CC1CC/C(=C\C=O)NC1. The molecule has 0 aliphatic carbocycles. The Kier molecular flexibility index (Phi) is 2.49. The highest BCUT2D eigenvalue weighted by molar-refractivity contribution is 5.65. The van der Waals surface area contributed by atoms with E-state index in [1.807, 2.05) is 0 Å². The van der Waals surface area contributed by atoms with Gasteiger partial charge in [-0.3, -0.25) is 4.79 Å². The molecule has 1 heterocycles. The van der Waals surface area contributed by atoms with Crippen LogP contribution in [0.25, 0.3) is 0 Å². The number of rotatable bonds is 1. The summed E-state index contributed by atoms with van der Waals surface area (Å²) in [6.45, 7) is 3.23. The number of allylic oxidation sites excluding steroid dienone is 2. The van der Waals surface area contributed by atoms with Gasteiger partial charge in [-0.2, -0.15) is 0 Å². The monoisotopic (exact) mass is 139 g/mol. The van der Waals surface area contributed by atoms with Gasteiger partial charge in [0, 0.05) is 12.2 Å². The van der Waals surface area contributed by atoms with Crippen molar-refractivity contribution < 1.29 is 4.79 Å². The highest BCUT2D eigenvalue weighted by Gasteiger charge is 2.09. The van der Waals surface area contributed by atoms with Gasteiger partial charge in [-0.25, -0.2) is 0 Å². The quantitative estimate of drug-likeness (QED) is 0.435. The van der Waals surface area contributed by atoms with Gasteiger partial charge in [-0.15, -0.1) is 0 Å². The number of hydrogen-bond acceptors (Lipinski definition) is 2. The molecule has 56 valence electrons. The standard InChI is InChI=1S/C8H13NO/c1-7-2-3-8(4-5-10)9-6-7/h4-5,7,9H,2-3,6H2,1H3/b8-4+. The van der Waals surface area contributed by atoms with Crippen molar-refractivity contribution >= 4 is 6.29 Å². The van der Waals surface area contributed by atoms with Crippen molar-refractivity contribution in [1.29, 1.82) is 0 Å². The molecule has 1 saturated heterocycles. The number of carbonyl (C=O) groups is 1. The van der Waals surface area contributed by atoms with Crippen LogP contribution in [0.4, 0.5) is 0 Å². The second kappa shape index (κ2) is 3.40. The molecule has 0 spiro atoms. The Morgan fingerprint density at radius 2 is 2.50 bits per heavy atom. The first kappa shape index (κ1) is 7.32. The van der Waals surface area contributed by atoms with Gasteiger partial charge in [0.1, 0.15) is 6.29 Å². The van der Waals surface area contributed by atoms with E-state index in [-0.39, 0.29) is 0 Å². The van der Waals surface area contributed by atoms with Gasteiger partial charge in [-0.1, -0.05) is 6.92 Å². The molecule has 0 bridgehead atoms. The molecule has 0 saturated carbocycles. The smallest absolute Gasteiger partial charge is 0.144 e. The highest BCUT2D eigenvalue weighted by Crippen LogP contribution is 2.14. The fourth-order valence-corrected chi connectivity index (χ4v) is 1.12. The average molecular weight is 139 g/mol. The summed E-state index contributed by atoms with van der Waals surface area (Å²) in [5.41, 5.74) is 1.09. The summed E-state index contributed by atoms with van der Waals surface area (Å²) in [6.07, 6.45) is 4.69. The Labute approximate surface area is 61.3 Å². The molecular weight excluding hydrogens is 126 g/mol. The van der Waals surface area contributed by atoms with E-state index >= 15 is 0 Å². The third-order valence-electron chi connectivity index (χ3n) is 1.85. The van der Waals surface area contributed by atoms with E-state index in [2.05, 4.69) is 12.2 Å². The fraction of sp³-hybridized carbons (Fsp3) is 0.625. The average Bonchev–Trinajstić information content (AvgIpc) is 1.95. The van der Waals surface area contributed by atoms with Gasteiger partial charge in [-0.05, 0) is 24.8 Å². The highest BCUT2D eigenvalue weighted by atomic mass is 16.1. The molecular formula is C8H13NO. The zero-order valence-corrected chi connectivity index (χ0v) is 6.26. The first-order valence-electron chi connectivity index (χ1n) is 3.71. The zero-order valence-electron chi connectivity index (χ0n) is 6.26. The maximum Gasteiger partial charge on any atom is 0.144 e. The maximum absolute atomic E-state index is 10.0. The third-order valence-corrected chi connectivity index (χ3v) is 1.85. The van der Waals surface area contributed by atoms with Gasteiger partial charge in [0.2, 0.25) is 0 Å². The molecule has 1 fully saturated rings. The molecule has 0 aromatic heterocycles. The van der Waals surface area contributed by atoms with Crippen molar-refractivity contribution in [2.75, 3.05) is 6.54 Å². The van der Waals surface area contributed by atoms with Crippen LogP contribution in [0.2, 0.25) is 0 Å². The van der Waals surface area contributed by atoms with Crippen molar-refractivity contribution in [1.82, 2.24) is 5.32 Å². The van der Waals surface area contributed by atoms with Gasteiger partial charge < -0.3 is 5.32 Å². The molecule has 2 nitrogen and oxygen atoms in total. The normalized spacial score (nSPS) is 29.7. The van der Waals surface area contributed by atoms with Crippen LogP contribution < -0.4 is 5.32 Å². The molecule has 10 heavy (non-hydrogen) atoms. The van der Waals surface area contributed by atoms with Gasteiger partial charge in [0.15, 0.2) is 0 Å². The second-order valence-electron chi connectivity index (χ2n) is 2.85. The molecule has 1 aliphatic heterocycles. The number of aldehydes is 1. The lowest BCUT2D eigenvalue weighted by Gasteiger charge is -2.21. The number of piperidine rings is 1. The summed E-state index contributed by atoms with van der Waals surface area (Å²) in [7, 11) is 0. The minimum absolute atomic E-state index is 0.754. The second-order valence-corrected chi connectivity index (χ2v) is 2.85. The van der Waals surface area contributed by atoms with E-state index in [0.29, 0.717) is 0 Å². The predicted molar refractivity (Wildman–Crippen MR) is 40.5 cm³/mol. The lowest BCUT2D eigenvalue weighted by molar-refractivity contribution is -0.104. The number of nitrogens with one attached hydrogen (secondary N) is 1. The Balaban J connectivity index is 2.39. The Bertz CT molecular complexity index is 141. The molecule has 1 rings (SSSR count). The van der Waals surface area contributed by atoms with E-state index in [1.165, 1.54) is 6.42 Å². The molecule has 0 aromatic rings. The van der Waals surface area contributed by atoms with Gasteiger partial charge in [0.25, 0.3) is 0 Å². The van der Waals surface area contributed by atoms with Crippen LogP contribution in [0.1, 0.15) is 19.8 Å². The van der Waals surface area contributed by atoms with Crippen LogP contribution in [-0.4, -0.2) is 12.8 Å². The largest absolute Gasteiger partial charge is 0.388 e. The third kappa shape index (κ3) is 1.87. The fourth-order valence-electron chi connectivity index (χ4n) is 1.12. The summed E-state index contributed by atoms with van der Waals surface area (Å²) >= 11 is 0. The van der Waals surface area contributed by atoms with Crippen LogP contribution >= 0.6 is 0 Å². The molecule has 1 unspecified atom stereocenters. The topological polar surface area (TPSA) is 29.1 Å². The van der Waals surface area contributed by atoms with Crippen LogP contribution in [0.5, 0.6) is 0 Å². The molecule has 2 heteroatoms. The van der Waals surface area contributed by atoms with Crippen LogP contribution in [0.3, 0.4) is 0 Å². The van der Waals surface area contributed by atoms with Crippen LogP contribution in [0, 0.1) is 5.92 Å². The molecule has 1 N–H and O–H groups in total. The van der Waals surface area contributed by atoms with Crippen molar-refractivity contribution in [2.45, 2.75) is 19.8 Å². The first-order chi connectivity index (χ1) is 4.83. The van der Waals surface area contributed by atoms with E-state index in [1.54, 1.807) is 6.08 Å². The minimum atomic E-state index is 0.754. The number of hydrogen-bond donors (Lipinski definition) is 1. The molecule has 0 radical (unpaired) electrons. The minimum Gasteiger partial charge on any atom is -0.388 e. The zero-order chi connectivity index (χ0) is 7.40. The van der Waals surface area contributed by atoms with E-state index in [0.717, 1.165) is 30.9 Å². The van der Waals surface area contributed by atoms with Crippen LogP contribution in [-0.2, 0) is 4.79 Å².